The maximum atomic E-state index is 12.7. The highest BCUT2D eigenvalue weighted by Gasteiger charge is 2.10. The number of ketones is 1. The molecular formula is C24H16N4O2. The van der Waals surface area contributed by atoms with E-state index in [1.54, 1.807) is 54.9 Å². The minimum Gasteiger partial charge on any atom is -0.366 e. The lowest BCUT2D eigenvalue weighted by Crippen LogP contribution is -2.04. The van der Waals surface area contributed by atoms with Gasteiger partial charge in [-0.1, -0.05) is 48.5 Å². The molecule has 2 aromatic heterocycles. The summed E-state index contributed by atoms with van der Waals surface area (Å²) in [4.78, 5) is 34.5. The molecule has 2 heterocycles. The van der Waals surface area contributed by atoms with Crippen molar-refractivity contribution in [3.63, 3.8) is 0 Å². The second-order valence-electron chi connectivity index (χ2n) is 6.67. The molecule has 0 bridgehead atoms. The maximum absolute atomic E-state index is 12.7. The predicted molar refractivity (Wildman–Crippen MR) is 116 cm³/mol. The van der Waals surface area contributed by atoms with Crippen LogP contribution in [0.4, 0.5) is 5.69 Å². The van der Waals surface area contributed by atoms with E-state index in [1.807, 2.05) is 18.2 Å². The lowest BCUT2D eigenvalue weighted by atomic mass is 9.99. The number of pyridine rings is 1. The monoisotopic (exact) mass is 392 g/mol. The SMILES string of the molecule is [C-]#[N+]c1ccc(C(=O)c2ccc(-c3cnc4[nH]cc(/C=C/C(N)=O)c4c3)cc2)cc1. The number of rotatable bonds is 5. The number of fused-ring (bicyclic) bond motifs is 1. The van der Waals surface area contributed by atoms with Gasteiger partial charge in [-0.3, -0.25) is 9.59 Å². The van der Waals surface area contributed by atoms with E-state index in [-0.39, 0.29) is 5.78 Å². The van der Waals surface area contributed by atoms with Gasteiger partial charge in [0.15, 0.2) is 11.5 Å². The van der Waals surface area contributed by atoms with E-state index in [2.05, 4.69) is 14.8 Å². The fourth-order valence-corrected chi connectivity index (χ4v) is 3.16. The van der Waals surface area contributed by atoms with Crippen molar-refractivity contribution in [3.8, 4) is 11.1 Å². The minimum absolute atomic E-state index is 0.101. The number of aromatic nitrogens is 2. The van der Waals surface area contributed by atoms with Gasteiger partial charge in [0.05, 0.1) is 6.57 Å². The summed E-state index contributed by atoms with van der Waals surface area (Å²) in [7, 11) is 0. The summed E-state index contributed by atoms with van der Waals surface area (Å²) in [6.07, 6.45) is 6.47. The summed E-state index contributed by atoms with van der Waals surface area (Å²) < 4.78 is 0. The number of aromatic amines is 1. The second kappa shape index (κ2) is 7.86. The Labute approximate surface area is 172 Å². The molecule has 6 heteroatoms. The number of amides is 1. The molecule has 144 valence electrons. The van der Waals surface area contributed by atoms with Crippen molar-refractivity contribution in [2.24, 2.45) is 5.73 Å². The number of H-pyrrole nitrogens is 1. The minimum atomic E-state index is -0.516. The highest BCUT2D eigenvalue weighted by Crippen LogP contribution is 2.26. The molecule has 3 N–H and O–H groups in total. The third-order valence-corrected chi connectivity index (χ3v) is 4.73. The van der Waals surface area contributed by atoms with Gasteiger partial charge in [0.25, 0.3) is 0 Å². The number of nitrogens with one attached hydrogen (secondary N) is 1. The predicted octanol–water partition coefficient (Wildman–Crippen LogP) is 4.51. The van der Waals surface area contributed by atoms with Crippen LogP contribution in [0.5, 0.6) is 0 Å². The van der Waals surface area contributed by atoms with Crippen LogP contribution in [0.15, 0.2) is 73.1 Å². The van der Waals surface area contributed by atoms with Crippen molar-refractivity contribution in [2.45, 2.75) is 0 Å². The number of hydrogen-bond donors (Lipinski definition) is 2. The molecule has 4 rings (SSSR count). The van der Waals surface area contributed by atoms with Crippen molar-refractivity contribution in [1.82, 2.24) is 9.97 Å². The van der Waals surface area contributed by atoms with Crippen LogP contribution in [0.25, 0.3) is 33.1 Å². The number of nitrogens with zero attached hydrogens (tertiary/aromatic N) is 2. The number of primary amides is 1. The smallest absolute Gasteiger partial charge is 0.241 e. The molecule has 30 heavy (non-hydrogen) atoms. The quantitative estimate of drug-likeness (QED) is 0.297. The molecule has 0 atom stereocenters. The van der Waals surface area contributed by atoms with Crippen molar-refractivity contribution >= 4 is 34.5 Å². The first kappa shape index (κ1) is 18.8. The Morgan fingerprint density at radius 3 is 2.30 bits per heavy atom. The average Bonchev–Trinajstić information content (AvgIpc) is 3.19. The summed E-state index contributed by atoms with van der Waals surface area (Å²) in [5.74, 6) is -0.617. The molecule has 0 radical (unpaired) electrons. The van der Waals surface area contributed by atoms with Gasteiger partial charge in [0.2, 0.25) is 5.91 Å². The Morgan fingerprint density at radius 2 is 1.67 bits per heavy atom. The molecule has 1 amide bonds. The first-order valence-electron chi connectivity index (χ1n) is 9.12. The number of nitrogens with two attached hydrogens (primary N) is 1. The molecular weight excluding hydrogens is 376 g/mol. The summed E-state index contributed by atoms with van der Waals surface area (Å²) in [5.41, 5.74) is 10.1. The summed E-state index contributed by atoms with van der Waals surface area (Å²) >= 11 is 0. The van der Waals surface area contributed by atoms with Crippen LogP contribution in [0.3, 0.4) is 0 Å². The second-order valence-corrected chi connectivity index (χ2v) is 6.67. The van der Waals surface area contributed by atoms with Gasteiger partial charge in [-0.15, -0.1) is 0 Å². The van der Waals surface area contributed by atoms with Gasteiger partial charge in [0, 0.05) is 46.1 Å². The van der Waals surface area contributed by atoms with Gasteiger partial charge < -0.3 is 10.7 Å². The van der Waals surface area contributed by atoms with E-state index >= 15 is 0 Å². The van der Waals surface area contributed by atoms with Crippen molar-refractivity contribution in [3.05, 3.63) is 101 Å². The number of carbonyl (C=O) groups excluding carboxylic acids is 2. The van der Waals surface area contributed by atoms with E-state index in [9.17, 15) is 9.59 Å². The first-order chi connectivity index (χ1) is 14.5. The van der Waals surface area contributed by atoms with Crippen molar-refractivity contribution < 1.29 is 9.59 Å². The highest BCUT2D eigenvalue weighted by atomic mass is 16.1. The Kier molecular flexibility index (Phi) is 4.93. The molecule has 0 saturated carbocycles. The van der Waals surface area contributed by atoms with Crippen LogP contribution >= 0.6 is 0 Å². The van der Waals surface area contributed by atoms with Crippen LogP contribution < -0.4 is 5.73 Å². The maximum Gasteiger partial charge on any atom is 0.241 e. The zero-order chi connectivity index (χ0) is 21.1. The van der Waals surface area contributed by atoms with Crippen LogP contribution in [0.2, 0.25) is 0 Å². The summed E-state index contributed by atoms with van der Waals surface area (Å²) in [6, 6.07) is 15.9. The molecule has 0 unspecified atom stereocenters. The van der Waals surface area contributed by atoms with Crippen LogP contribution in [-0.4, -0.2) is 21.7 Å². The van der Waals surface area contributed by atoms with Gasteiger partial charge in [-0.2, -0.15) is 0 Å². The van der Waals surface area contributed by atoms with E-state index < -0.39 is 5.91 Å². The van der Waals surface area contributed by atoms with Crippen LogP contribution in [-0.2, 0) is 4.79 Å². The lowest BCUT2D eigenvalue weighted by Gasteiger charge is -2.05. The Bertz CT molecular complexity index is 1320. The Hall–Kier alpha value is -4.50. The normalized spacial score (nSPS) is 10.9. The highest BCUT2D eigenvalue weighted by molar-refractivity contribution is 6.09. The fourth-order valence-electron chi connectivity index (χ4n) is 3.16. The molecule has 0 saturated heterocycles. The zero-order valence-electron chi connectivity index (χ0n) is 15.8. The Morgan fingerprint density at radius 1 is 1.00 bits per heavy atom. The number of benzene rings is 2. The third kappa shape index (κ3) is 3.73. The van der Waals surface area contributed by atoms with Gasteiger partial charge >= 0.3 is 0 Å². The molecule has 0 aliphatic heterocycles. The van der Waals surface area contributed by atoms with E-state index in [0.29, 0.717) is 22.5 Å². The standard InChI is InChI=1S/C24H16N4O2/c1-26-20-9-6-17(7-10-20)23(30)16-4-2-15(3-5-16)19-12-21-18(8-11-22(25)29)13-27-24(21)28-14-19/h2-14H,(H2,25,29)(H,27,28)/b11-8+. The third-order valence-electron chi connectivity index (χ3n) is 4.73. The summed E-state index contributed by atoms with van der Waals surface area (Å²) in [5, 5.41) is 0.866. The molecule has 0 spiro atoms. The average molecular weight is 392 g/mol. The van der Waals surface area contributed by atoms with Crippen LogP contribution in [0.1, 0.15) is 21.5 Å². The molecule has 0 aliphatic rings. The van der Waals surface area contributed by atoms with Crippen molar-refractivity contribution in [1.29, 1.82) is 0 Å². The molecule has 2 aromatic carbocycles. The van der Waals surface area contributed by atoms with Gasteiger partial charge in [0.1, 0.15) is 5.65 Å². The van der Waals surface area contributed by atoms with Crippen LogP contribution in [0, 0.1) is 6.57 Å². The van der Waals surface area contributed by atoms with Gasteiger partial charge in [-0.25, -0.2) is 9.83 Å². The first-order valence-corrected chi connectivity index (χ1v) is 9.12. The lowest BCUT2D eigenvalue weighted by molar-refractivity contribution is -0.113. The number of hydrogen-bond acceptors (Lipinski definition) is 3. The molecule has 0 aliphatic carbocycles. The molecule has 6 nitrogen and oxygen atoms in total. The fraction of sp³-hybridized carbons (Fsp3) is 0. The summed E-state index contributed by atoms with van der Waals surface area (Å²) in [6.45, 7) is 7.00. The Balaban J connectivity index is 1.62. The zero-order valence-corrected chi connectivity index (χ0v) is 15.8. The molecule has 0 fully saturated rings. The molecule has 4 aromatic rings. The topological polar surface area (TPSA) is 93.2 Å². The van der Waals surface area contributed by atoms with E-state index in [1.165, 1.54) is 6.08 Å². The van der Waals surface area contributed by atoms with E-state index in [0.717, 1.165) is 22.1 Å². The van der Waals surface area contributed by atoms with Gasteiger partial charge in [-0.05, 0) is 17.7 Å². The van der Waals surface area contributed by atoms with Crippen molar-refractivity contribution in [2.75, 3.05) is 0 Å². The number of carbonyl (C=O) groups is 2. The van der Waals surface area contributed by atoms with E-state index in [4.69, 9.17) is 12.3 Å². The largest absolute Gasteiger partial charge is 0.366 e.